The van der Waals surface area contributed by atoms with Crippen LogP contribution in [0.1, 0.15) is 18.4 Å². The molecule has 2 unspecified atom stereocenters. The number of carboxylic acids is 1. The van der Waals surface area contributed by atoms with E-state index in [-0.39, 0.29) is 5.91 Å². The van der Waals surface area contributed by atoms with Gasteiger partial charge in [-0.05, 0) is 37.5 Å². The van der Waals surface area contributed by atoms with Crippen LogP contribution in [-0.4, -0.2) is 29.2 Å². The summed E-state index contributed by atoms with van der Waals surface area (Å²) >= 11 is 3.34. The highest BCUT2D eigenvalue weighted by Gasteiger charge is 2.34. The van der Waals surface area contributed by atoms with E-state index in [0.717, 1.165) is 10.0 Å². The minimum Gasteiger partial charge on any atom is -0.479 e. The van der Waals surface area contributed by atoms with Crippen LogP contribution in [0.5, 0.6) is 0 Å². The lowest BCUT2D eigenvalue weighted by atomic mass is 10.1. The van der Waals surface area contributed by atoms with Gasteiger partial charge in [0.25, 0.3) is 5.91 Å². The van der Waals surface area contributed by atoms with Gasteiger partial charge in [-0.2, -0.15) is 0 Å². The van der Waals surface area contributed by atoms with Gasteiger partial charge in [-0.15, -0.1) is 0 Å². The molecule has 19 heavy (non-hydrogen) atoms. The van der Waals surface area contributed by atoms with Crippen molar-refractivity contribution in [2.24, 2.45) is 0 Å². The summed E-state index contributed by atoms with van der Waals surface area (Å²) in [5.74, 6) is -1.32. The van der Waals surface area contributed by atoms with E-state index in [1.165, 1.54) is 0 Å². The summed E-state index contributed by atoms with van der Waals surface area (Å²) in [6, 6.07) is 5.57. The second kappa shape index (κ2) is 5.71. The van der Waals surface area contributed by atoms with Gasteiger partial charge < -0.3 is 15.2 Å². The molecule has 2 N–H and O–H groups in total. The zero-order valence-electron chi connectivity index (χ0n) is 10.4. The van der Waals surface area contributed by atoms with Crippen molar-refractivity contribution in [3.63, 3.8) is 0 Å². The molecule has 0 saturated carbocycles. The molecule has 1 fully saturated rings. The number of aryl methyl sites for hydroxylation is 1. The van der Waals surface area contributed by atoms with Gasteiger partial charge in [0, 0.05) is 10.2 Å². The zero-order chi connectivity index (χ0) is 14.0. The predicted octanol–water partition coefficient (Wildman–Crippen LogP) is 2.33. The summed E-state index contributed by atoms with van der Waals surface area (Å²) in [6.07, 6.45) is -0.778. The van der Waals surface area contributed by atoms with Gasteiger partial charge in [-0.3, -0.25) is 4.79 Å². The van der Waals surface area contributed by atoms with Crippen LogP contribution in [0.25, 0.3) is 0 Å². The number of nitrogens with one attached hydrogen (secondary N) is 1. The molecular weight excluding hydrogens is 314 g/mol. The number of anilines is 1. The zero-order valence-corrected chi connectivity index (χ0v) is 11.9. The maximum absolute atomic E-state index is 12.0. The quantitative estimate of drug-likeness (QED) is 0.893. The average Bonchev–Trinajstić information content (AvgIpc) is 2.83. The third-order valence-corrected chi connectivity index (χ3v) is 3.54. The number of rotatable bonds is 3. The van der Waals surface area contributed by atoms with Crippen molar-refractivity contribution in [2.75, 3.05) is 5.32 Å². The Labute approximate surface area is 119 Å². The van der Waals surface area contributed by atoms with Crippen LogP contribution < -0.4 is 5.32 Å². The molecule has 1 amide bonds. The third kappa shape index (κ3) is 3.33. The number of halogens is 1. The maximum atomic E-state index is 12.0. The van der Waals surface area contributed by atoms with Crippen LogP contribution >= 0.6 is 15.9 Å². The largest absolute Gasteiger partial charge is 0.479 e. The normalized spacial score (nSPS) is 22.2. The molecule has 0 aliphatic carbocycles. The Kier molecular flexibility index (Phi) is 4.21. The van der Waals surface area contributed by atoms with E-state index in [9.17, 15) is 9.59 Å². The topological polar surface area (TPSA) is 75.6 Å². The molecule has 1 heterocycles. The molecule has 0 radical (unpaired) electrons. The predicted molar refractivity (Wildman–Crippen MR) is 73.0 cm³/mol. The number of carbonyl (C=O) groups excluding carboxylic acids is 1. The van der Waals surface area contributed by atoms with Gasteiger partial charge in [0.15, 0.2) is 6.10 Å². The number of hydrogen-bond donors (Lipinski definition) is 2. The fraction of sp³-hybridized carbons (Fsp3) is 0.385. The monoisotopic (exact) mass is 327 g/mol. The minimum atomic E-state index is -1.02. The molecule has 1 aromatic rings. The lowest BCUT2D eigenvalue weighted by molar-refractivity contribution is -0.150. The molecule has 2 atom stereocenters. The fourth-order valence-corrected chi connectivity index (χ4v) is 2.31. The summed E-state index contributed by atoms with van der Waals surface area (Å²) in [5.41, 5.74) is 1.63. The van der Waals surface area contributed by atoms with Gasteiger partial charge in [0.05, 0.1) is 0 Å². The Morgan fingerprint density at radius 3 is 2.68 bits per heavy atom. The lowest BCUT2D eigenvalue weighted by Crippen LogP contribution is -2.30. The Morgan fingerprint density at radius 1 is 1.37 bits per heavy atom. The first-order valence-corrected chi connectivity index (χ1v) is 6.72. The van der Waals surface area contributed by atoms with Crippen molar-refractivity contribution in [1.82, 2.24) is 0 Å². The molecule has 102 valence electrons. The number of ether oxygens (including phenoxy) is 1. The minimum absolute atomic E-state index is 0.301. The van der Waals surface area contributed by atoms with Gasteiger partial charge in [-0.25, -0.2) is 4.79 Å². The van der Waals surface area contributed by atoms with E-state index in [1.54, 1.807) is 6.07 Å². The number of aliphatic carboxylic acids is 1. The Bertz CT molecular complexity index is 517. The fourth-order valence-electron chi connectivity index (χ4n) is 1.95. The highest BCUT2D eigenvalue weighted by Crippen LogP contribution is 2.24. The van der Waals surface area contributed by atoms with Gasteiger partial charge in [0.1, 0.15) is 6.10 Å². The molecule has 0 bridgehead atoms. The van der Waals surface area contributed by atoms with E-state index in [2.05, 4.69) is 21.2 Å². The maximum Gasteiger partial charge on any atom is 0.332 e. The van der Waals surface area contributed by atoms with Crippen molar-refractivity contribution >= 4 is 33.5 Å². The second-order valence-electron chi connectivity index (χ2n) is 4.48. The van der Waals surface area contributed by atoms with Gasteiger partial charge in [-0.1, -0.05) is 22.0 Å². The summed E-state index contributed by atoms with van der Waals surface area (Å²) in [5, 5.41) is 11.6. The molecule has 0 aromatic heterocycles. The second-order valence-corrected chi connectivity index (χ2v) is 5.39. The van der Waals surface area contributed by atoms with Crippen molar-refractivity contribution in [1.29, 1.82) is 0 Å². The first-order valence-electron chi connectivity index (χ1n) is 5.92. The number of carbonyl (C=O) groups is 2. The summed E-state index contributed by atoms with van der Waals surface area (Å²) in [7, 11) is 0. The van der Waals surface area contributed by atoms with Gasteiger partial charge >= 0.3 is 5.97 Å². The highest BCUT2D eigenvalue weighted by atomic mass is 79.9. The first-order chi connectivity index (χ1) is 8.97. The molecule has 1 saturated heterocycles. The summed E-state index contributed by atoms with van der Waals surface area (Å²) in [4.78, 5) is 22.8. The summed E-state index contributed by atoms with van der Waals surface area (Å²) < 4.78 is 6.07. The van der Waals surface area contributed by atoms with Crippen LogP contribution in [0.3, 0.4) is 0 Å². The lowest BCUT2D eigenvalue weighted by Gasteiger charge is -2.13. The van der Waals surface area contributed by atoms with Crippen LogP contribution in [-0.2, 0) is 14.3 Å². The average molecular weight is 328 g/mol. The van der Waals surface area contributed by atoms with Crippen molar-refractivity contribution < 1.29 is 19.4 Å². The molecule has 1 aliphatic rings. The molecular formula is C13H14BrNO4. The standard InChI is InChI=1S/C13H14BrNO4/c1-7-2-3-8(14)6-9(7)15-12(16)10-4-5-11(19-10)13(17)18/h2-3,6,10-11H,4-5H2,1H3,(H,15,16)(H,17,18). The number of amides is 1. The van der Waals surface area contributed by atoms with Crippen LogP contribution in [0.2, 0.25) is 0 Å². The number of benzene rings is 1. The van der Waals surface area contributed by atoms with E-state index in [0.29, 0.717) is 18.5 Å². The van der Waals surface area contributed by atoms with E-state index in [4.69, 9.17) is 9.84 Å². The van der Waals surface area contributed by atoms with Crippen LogP contribution in [0.4, 0.5) is 5.69 Å². The molecule has 1 aromatic carbocycles. The molecule has 5 nitrogen and oxygen atoms in total. The molecule has 0 spiro atoms. The van der Waals surface area contributed by atoms with Gasteiger partial charge in [0.2, 0.25) is 0 Å². The Hall–Kier alpha value is -1.40. The molecule has 6 heteroatoms. The Balaban J connectivity index is 2.02. The van der Waals surface area contributed by atoms with E-state index < -0.39 is 18.2 Å². The van der Waals surface area contributed by atoms with Crippen molar-refractivity contribution in [3.8, 4) is 0 Å². The smallest absolute Gasteiger partial charge is 0.332 e. The van der Waals surface area contributed by atoms with Crippen LogP contribution in [0, 0.1) is 6.92 Å². The first kappa shape index (κ1) is 14.0. The SMILES string of the molecule is Cc1ccc(Br)cc1NC(=O)C1CCC(C(=O)O)O1. The van der Waals surface area contributed by atoms with Crippen molar-refractivity contribution in [2.45, 2.75) is 32.0 Å². The Morgan fingerprint density at radius 2 is 2.05 bits per heavy atom. The van der Waals surface area contributed by atoms with Crippen molar-refractivity contribution in [3.05, 3.63) is 28.2 Å². The van der Waals surface area contributed by atoms with E-state index >= 15 is 0 Å². The van der Waals surface area contributed by atoms with Crippen LogP contribution in [0.15, 0.2) is 22.7 Å². The van der Waals surface area contributed by atoms with E-state index in [1.807, 2.05) is 19.1 Å². The molecule has 1 aliphatic heterocycles. The third-order valence-electron chi connectivity index (χ3n) is 3.04. The molecule has 2 rings (SSSR count). The number of hydrogen-bond acceptors (Lipinski definition) is 3. The highest BCUT2D eigenvalue weighted by molar-refractivity contribution is 9.10. The summed E-state index contributed by atoms with van der Waals surface area (Å²) in [6.45, 7) is 1.89. The number of carboxylic acid groups (broad SMARTS) is 1.